The lowest BCUT2D eigenvalue weighted by atomic mass is 10.1. The number of hydrogen-bond donors (Lipinski definition) is 1. The maximum Gasteiger partial charge on any atom is 0.211 e. The third-order valence-electron chi connectivity index (χ3n) is 3.34. The molecular formula is C13H17N5O. The van der Waals surface area contributed by atoms with Crippen molar-refractivity contribution in [3.05, 3.63) is 24.2 Å². The van der Waals surface area contributed by atoms with Gasteiger partial charge in [-0.3, -0.25) is 9.20 Å². The van der Waals surface area contributed by atoms with Crippen LogP contribution in [0.1, 0.15) is 24.3 Å². The van der Waals surface area contributed by atoms with E-state index < -0.39 is 0 Å². The number of anilines is 1. The van der Waals surface area contributed by atoms with Gasteiger partial charge < -0.3 is 10.2 Å². The molecule has 0 aliphatic carbocycles. The highest BCUT2D eigenvalue weighted by atomic mass is 16.1. The molecule has 0 aromatic carbocycles. The molecule has 1 saturated heterocycles. The van der Waals surface area contributed by atoms with Gasteiger partial charge >= 0.3 is 0 Å². The van der Waals surface area contributed by atoms with E-state index in [4.69, 9.17) is 0 Å². The second-order valence-electron chi connectivity index (χ2n) is 5.13. The van der Waals surface area contributed by atoms with Crippen LogP contribution in [-0.4, -0.2) is 45.8 Å². The largest absolute Gasteiger partial charge is 0.339 e. The molecule has 0 bridgehead atoms. The Morgan fingerprint density at radius 2 is 2.11 bits per heavy atom. The average Bonchev–Trinajstić information content (AvgIpc) is 2.80. The van der Waals surface area contributed by atoms with Crippen molar-refractivity contribution in [2.75, 3.05) is 18.0 Å². The lowest BCUT2D eigenvalue weighted by Crippen LogP contribution is -2.54. The van der Waals surface area contributed by atoms with E-state index in [0.717, 1.165) is 31.0 Å². The molecule has 1 N–H and O–H groups in total. The molecule has 0 saturated carbocycles. The molecule has 19 heavy (non-hydrogen) atoms. The van der Waals surface area contributed by atoms with Crippen molar-refractivity contribution < 1.29 is 4.79 Å². The first-order chi connectivity index (χ1) is 9.17. The van der Waals surface area contributed by atoms with Crippen LogP contribution in [-0.2, 0) is 0 Å². The molecule has 3 rings (SSSR count). The molecule has 1 fully saturated rings. The zero-order valence-electron chi connectivity index (χ0n) is 11.1. The zero-order valence-corrected chi connectivity index (χ0v) is 11.1. The van der Waals surface area contributed by atoms with Crippen molar-refractivity contribution in [1.82, 2.24) is 19.7 Å². The SMILES string of the molecule is CC1CN(c2nccc3nc(C=O)cn23)CC(C)N1. The summed E-state index contributed by atoms with van der Waals surface area (Å²) in [5, 5.41) is 3.49. The third-order valence-corrected chi connectivity index (χ3v) is 3.34. The highest BCUT2D eigenvalue weighted by Crippen LogP contribution is 2.17. The lowest BCUT2D eigenvalue weighted by Gasteiger charge is -2.36. The van der Waals surface area contributed by atoms with Gasteiger partial charge in [0.25, 0.3) is 0 Å². The van der Waals surface area contributed by atoms with E-state index in [1.165, 1.54) is 0 Å². The van der Waals surface area contributed by atoms with Crippen LogP contribution >= 0.6 is 0 Å². The Morgan fingerprint density at radius 3 is 2.79 bits per heavy atom. The van der Waals surface area contributed by atoms with Crippen LogP contribution in [0.4, 0.5) is 5.95 Å². The normalized spacial score (nSPS) is 23.8. The van der Waals surface area contributed by atoms with E-state index in [2.05, 4.69) is 34.0 Å². The van der Waals surface area contributed by atoms with E-state index in [9.17, 15) is 4.79 Å². The van der Waals surface area contributed by atoms with Crippen LogP contribution in [0.3, 0.4) is 0 Å². The fourth-order valence-corrected chi connectivity index (χ4v) is 2.70. The predicted molar refractivity (Wildman–Crippen MR) is 72.6 cm³/mol. The minimum Gasteiger partial charge on any atom is -0.339 e. The quantitative estimate of drug-likeness (QED) is 0.806. The highest BCUT2D eigenvalue weighted by molar-refractivity contribution is 5.73. The van der Waals surface area contributed by atoms with E-state index in [-0.39, 0.29) is 0 Å². The van der Waals surface area contributed by atoms with Gasteiger partial charge in [-0.25, -0.2) is 9.97 Å². The van der Waals surface area contributed by atoms with Gasteiger partial charge in [-0.2, -0.15) is 0 Å². The van der Waals surface area contributed by atoms with Gasteiger partial charge in [-0.05, 0) is 19.9 Å². The highest BCUT2D eigenvalue weighted by Gasteiger charge is 2.23. The summed E-state index contributed by atoms with van der Waals surface area (Å²) in [6.45, 7) is 6.11. The molecule has 6 nitrogen and oxygen atoms in total. The number of fused-ring (bicyclic) bond motifs is 1. The number of piperazine rings is 1. The van der Waals surface area contributed by atoms with Gasteiger partial charge in [0.1, 0.15) is 11.3 Å². The predicted octanol–water partition coefficient (Wildman–Crippen LogP) is 0.728. The average molecular weight is 259 g/mol. The summed E-state index contributed by atoms with van der Waals surface area (Å²) in [5.41, 5.74) is 1.19. The minimum atomic E-state index is 0.412. The number of carbonyl (C=O) groups is 1. The van der Waals surface area contributed by atoms with Crippen LogP contribution in [0, 0.1) is 0 Å². The molecule has 1 aliphatic heterocycles. The number of aromatic nitrogens is 3. The monoisotopic (exact) mass is 259 g/mol. The Morgan fingerprint density at radius 1 is 1.37 bits per heavy atom. The summed E-state index contributed by atoms with van der Waals surface area (Å²) < 4.78 is 1.88. The van der Waals surface area contributed by atoms with Gasteiger partial charge in [0, 0.05) is 37.6 Å². The zero-order chi connectivity index (χ0) is 13.4. The molecule has 3 heterocycles. The van der Waals surface area contributed by atoms with Crippen LogP contribution in [0.5, 0.6) is 0 Å². The molecule has 100 valence electrons. The number of nitrogens with one attached hydrogen (secondary N) is 1. The van der Waals surface area contributed by atoms with E-state index in [1.807, 2.05) is 10.5 Å². The summed E-state index contributed by atoms with van der Waals surface area (Å²) >= 11 is 0. The van der Waals surface area contributed by atoms with Crippen LogP contribution in [0.25, 0.3) is 5.65 Å². The summed E-state index contributed by atoms with van der Waals surface area (Å²) in [7, 11) is 0. The van der Waals surface area contributed by atoms with Crippen molar-refractivity contribution in [3.8, 4) is 0 Å². The molecule has 1 aliphatic rings. The van der Waals surface area contributed by atoms with Gasteiger partial charge in [0.05, 0.1) is 0 Å². The van der Waals surface area contributed by atoms with E-state index in [1.54, 1.807) is 12.4 Å². The Bertz CT molecular complexity index is 598. The number of aldehydes is 1. The Labute approximate surface area is 111 Å². The first-order valence-corrected chi connectivity index (χ1v) is 6.47. The number of hydrogen-bond acceptors (Lipinski definition) is 5. The van der Waals surface area contributed by atoms with Gasteiger partial charge in [-0.15, -0.1) is 0 Å². The molecule has 0 radical (unpaired) electrons. The molecular weight excluding hydrogens is 242 g/mol. The summed E-state index contributed by atoms with van der Waals surface area (Å²) in [6, 6.07) is 2.63. The second kappa shape index (κ2) is 4.62. The lowest BCUT2D eigenvalue weighted by molar-refractivity contribution is 0.111. The van der Waals surface area contributed by atoms with Gasteiger partial charge in [0.2, 0.25) is 5.95 Å². The maximum absolute atomic E-state index is 10.8. The minimum absolute atomic E-state index is 0.412. The summed E-state index contributed by atoms with van der Waals surface area (Å²) in [4.78, 5) is 21.8. The summed E-state index contributed by atoms with van der Waals surface area (Å²) in [6.07, 6.45) is 4.24. The fourth-order valence-electron chi connectivity index (χ4n) is 2.70. The van der Waals surface area contributed by atoms with E-state index in [0.29, 0.717) is 17.8 Å². The molecule has 2 aromatic heterocycles. The first-order valence-electron chi connectivity index (χ1n) is 6.47. The first kappa shape index (κ1) is 12.1. The number of nitrogens with zero attached hydrogens (tertiary/aromatic N) is 4. The molecule has 2 atom stereocenters. The topological polar surface area (TPSA) is 62.5 Å². The van der Waals surface area contributed by atoms with Crippen molar-refractivity contribution in [1.29, 1.82) is 0 Å². The molecule has 6 heteroatoms. The van der Waals surface area contributed by atoms with Crippen molar-refractivity contribution in [2.24, 2.45) is 0 Å². The molecule has 2 aromatic rings. The Hall–Kier alpha value is -1.95. The second-order valence-corrected chi connectivity index (χ2v) is 5.13. The van der Waals surface area contributed by atoms with E-state index >= 15 is 0 Å². The van der Waals surface area contributed by atoms with Gasteiger partial charge in [0.15, 0.2) is 6.29 Å². The standard InChI is InChI=1S/C13H17N5O/c1-9-5-17(6-10(2)15-9)13-14-4-3-12-16-11(8-19)7-18(12)13/h3-4,7-10,15H,5-6H2,1-2H3. The number of imidazole rings is 1. The van der Waals surface area contributed by atoms with Crippen LogP contribution < -0.4 is 10.2 Å². The molecule has 0 amide bonds. The Balaban J connectivity index is 2.04. The third kappa shape index (κ3) is 2.19. The van der Waals surface area contributed by atoms with Crippen LogP contribution in [0.15, 0.2) is 18.5 Å². The maximum atomic E-state index is 10.8. The molecule has 0 spiro atoms. The fraction of sp³-hybridized carbons (Fsp3) is 0.462. The Kier molecular flexibility index (Phi) is 2.94. The number of carbonyl (C=O) groups excluding carboxylic acids is 1. The van der Waals surface area contributed by atoms with Crippen molar-refractivity contribution >= 4 is 17.9 Å². The van der Waals surface area contributed by atoms with Gasteiger partial charge in [-0.1, -0.05) is 0 Å². The molecule has 2 unspecified atom stereocenters. The van der Waals surface area contributed by atoms with Crippen molar-refractivity contribution in [3.63, 3.8) is 0 Å². The number of rotatable bonds is 2. The van der Waals surface area contributed by atoms with Crippen molar-refractivity contribution in [2.45, 2.75) is 25.9 Å². The van der Waals surface area contributed by atoms with Crippen LogP contribution in [0.2, 0.25) is 0 Å². The smallest absolute Gasteiger partial charge is 0.211 e. The summed E-state index contributed by atoms with van der Waals surface area (Å²) in [5.74, 6) is 0.846.